The van der Waals surface area contributed by atoms with Gasteiger partial charge in [-0.1, -0.05) is 24.3 Å². The van der Waals surface area contributed by atoms with E-state index in [0.717, 1.165) is 32.6 Å². The van der Waals surface area contributed by atoms with Gasteiger partial charge in [-0.25, -0.2) is 4.79 Å². The summed E-state index contributed by atoms with van der Waals surface area (Å²) in [6, 6.07) is 8.64. The van der Waals surface area contributed by atoms with Crippen molar-refractivity contribution in [2.45, 2.75) is 19.9 Å². The lowest BCUT2D eigenvalue weighted by Crippen LogP contribution is -2.47. The zero-order valence-corrected chi connectivity index (χ0v) is 14.0. The van der Waals surface area contributed by atoms with Gasteiger partial charge in [0, 0.05) is 32.7 Å². The lowest BCUT2D eigenvalue weighted by atomic mass is 10.1. The smallest absolute Gasteiger partial charge is 0.317 e. The van der Waals surface area contributed by atoms with Gasteiger partial charge in [-0.15, -0.1) is 0 Å². The van der Waals surface area contributed by atoms with Crippen molar-refractivity contribution in [3.63, 3.8) is 0 Å². The number of aryl methyl sites for hydroxylation is 1. The fourth-order valence-corrected chi connectivity index (χ4v) is 3.36. The SMILES string of the molecule is Cc1ccccc1CN1CC[C@H](CNC(=O)N2CCOCC2)C1. The van der Waals surface area contributed by atoms with Crippen LogP contribution in [0.1, 0.15) is 17.5 Å². The standard InChI is InChI=1S/C18H27N3O2/c1-15-4-2-3-5-17(15)14-20-7-6-16(13-20)12-19-18(22)21-8-10-23-11-9-21/h2-5,16H,6-14H2,1H3,(H,19,22)/t16-/m1/s1. The summed E-state index contributed by atoms with van der Waals surface area (Å²) in [4.78, 5) is 16.5. The van der Waals surface area contributed by atoms with Crippen LogP contribution in [0.2, 0.25) is 0 Å². The molecule has 1 atom stereocenters. The predicted molar refractivity (Wildman–Crippen MR) is 90.4 cm³/mol. The topological polar surface area (TPSA) is 44.8 Å². The third kappa shape index (κ3) is 4.45. The Morgan fingerprint density at radius 1 is 1.26 bits per heavy atom. The highest BCUT2D eigenvalue weighted by Crippen LogP contribution is 2.19. The number of benzene rings is 1. The predicted octanol–water partition coefficient (Wildman–Crippen LogP) is 1.86. The Morgan fingerprint density at radius 2 is 2.04 bits per heavy atom. The van der Waals surface area contributed by atoms with Crippen LogP contribution in [-0.2, 0) is 11.3 Å². The summed E-state index contributed by atoms with van der Waals surface area (Å²) in [5.41, 5.74) is 2.77. The Morgan fingerprint density at radius 3 is 2.83 bits per heavy atom. The van der Waals surface area contributed by atoms with Gasteiger partial charge in [-0.3, -0.25) is 4.90 Å². The van der Waals surface area contributed by atoms with Crippen molar-refractivity contribution in [3.8, 4) is 0 Å². The van der Waals surface area contributed by atoms with E-state index in [1.165, 1.54) is 11.1 Å². The second kappa shape index (κ2) is 7.79. The minimum atomic E-state index is 0.0608. The van der Waals surface area contributed by atoms with Crippen molar-refractivity contribution < 1.29 is 9.53 Å². The molecule has 2 heterocycles. The summed E-state index contributed by atoms with van der Waals surface area (Å²) in [5.74, 6) is 0.559. The van der Waals surface area contributed by atoms with Crippen molar-refractivity contribution in [1.82, 2.24) is 15.1 Å². The van der Waals surface area contributed by atoms with Gasteiger partial charge < -0.3 is 15.0 Å². The molecule has 126 valence electrons. The van der Waals surface area contributed by atoms with Crippen LogP contribution in [0, 0.1) is 12.8 Å². The number of nitrogens with zero attached hydrogens (tertiary/aromatic N) is 2. The average Bonchev–Trinajstić information content (AvgIpc) is 3.03. The normalized spacial score (nSPS) is 22.3. The molecular weight excluding hydrogens is 290 g/mol. The molecule has 0 unspecified atom stereocenters. The third-order valence-electron chi connectivity index (χ3n) is 4.87. The summed E-state index contributed by atoms with van der Waals surface area (Å²) in [6.45, 7) is 8.87. The minimum absolute atomic E-state index is 0.0608. The maximum atomic E-state index is 12.1. The van der Waals surface area contributed by atoms with E-state index in [-0.39, 0.29) is 6.03 Å². The van der Waals surface area contributed by atoms with E-state index in [1.54, 1.807) is 0 Å². The second-order valence-electron chi connectivity index (χ2n) is 6.60. The van der Waals surface area contributed by atoms with Gasteiger partial charge in [-0.05, 0) is 36.9 Å². The molecule has 0 radical (unpaired) electrons. The molecule has 2 aliphatic rings. The van der Waals surface area contributed by atoms with E-state index in [1.807, 2.05) is 4.90 Å². The molecule has 2 saturated heterocycles. The van der Waals surface area contributed by atoms with Crippen LogP contribution in [0.25, 0.3) is 0 Å². The summed E-state index contributed by atoms with van der Waals surface area (Å²) in [7, 11) is 0. The van der Waals surface area contributed by atoms with E-state index >= 15 is 0 Å². The molecule has 0 saturated carbocycles. The molecule has 5 heteroatoms. The zero-order chi connectivity index (χ0) is 16.1. The average molecular weight is 317 g/mol. The molecule has 1 N–H and O–H groups in total. The van der Waals surface area contributed by atoms with Gasteiger partial charge >= 0.3 is 6.03 Å². The number of amides is 2. The summed E-state index contributed by atoms with van der Waals surface area (Å²) in [5, 5.41) is 3.09. The van der Waals surface area contributed by atoms with Gasteiger partial charge in [-0.2, -0.15) is 0 Å². The molecule has 1 aromatic carbocycles. The molecule has 2 aliphatic heterocycles. The fourth-order valence-electron chi connectivity index (χ4n) is 3.36. The molecule has 0 aliphatic carbocycles. The van der Waals surface area contributed by atoms with Crippen molar-refractivity contribution in [3.05, 3.63) is 35.4 Å². The molecule has 0 bridgehead atoms. The molecule has 23 heavy (non-hydrogen) atoms. The molecule has 0 spiro atoms. The number of urea groups is 1. The first-order chi connectivity index (χ1) is 11.2. The molecule has 2 fully saturated rings. The van der Waals surface area contributed by atoms with Gasteiger partial charge in [0.25, 0.3) is 0 Å². The monoisotopic (exact) mass is 317 g/mol. The van der Waals surface area contributed by atoms with E-state index in [2.05, 4.69) is 41.4 Å². The van der Waals surface area contributed by atoms with Crippen LogP contribution in [0.4, 0.5) is 4.79 Å². The van der Waals surface area contributed by atoms with Crippen LogP contribution in [0.3, 0.4) is 0 Å². The molecular formula is C18H27N3O2. The summed E-state index contributed by atoms with van der Waals surface area (Å²) < 4.78 is 5.28. The van der Waals surface area contributed by atoms with Gasteiger partial charge in [0.1, 0.15) is 0 Å². The van der Waals surface area contributed by atoms with E-state index in [9.17, 15) is 4.79 Å². The Balaban J connectivity index is 1.41. The minimum Gasteiger partial charge on any atom is -0.378 e. The third-order valence-corrected chi connectivity index (χ3v) is 4.87. The highest BCUT2D eigenvalue weighted by molar-refractivity contribution is 5.74. The van der Waals surface area contributed by atoms with Crippen molar-refractivity contribution in [2.75, 3.05) is 45.9 Å². The molecule has 1 aromatic rings. The number of nitrogens with one attached hydrogen (secondary N) is 1. The summed E-state index contributed by atoms with van der Waals surface area (Å²) in [6.07, 6.45) is 1.16. The van der Waals surface area contributed by atoms with Crippen LogP contribution in [-0.4, -0.2) is 61.8 Å². The quantitative estimate of drug-likeness (QED) is 0.922. The lowest BCUT2D eigenvalue weighted by Gasteiger charge is -2.27. The van der Waals surface area contributed by atoms with Crippen LogP contribution in [0.5, 0.6) is 0 Å². The fraction of sp³-hybridized carbons (Fsp3) is 0.611. The Kier molecular flexibility index (Phi) is 5.51. The first kappa shape index (κ1) is 16.3. The highest BCUT2D eigenvalue weighted by Gasteiger charge is 2.24. The number of rotatable bonds is 4. The van der Waals surface area contributed by atoms with Crippen molar-refractivity contribution in [1.29, 1.82) is 0 Å². The number of carbonyl (C=O) groups is 1. The second-order valence-corrected chi connectivity index (χ2v) is 6.60. The van der Waals surface area contributed by atoms with Crippen LogP contribution < -0.4 is 5.32 Å². The molecule has 3 rings (SSSR count). The number of hydrogen-bond acceptors (Lipinski definition) is 3. The number of ether oxygens (including phenoxy) is 1. The number of morpholine rings is 1. The summed E-state index contributed by atoms with van der Waals surface area (Å²) >= 11 is 0. The van der Waals surface area contributed by atoms with E-state index in [4.69, 9.17) is 4.74 Å². The highest BCUT2D eigenvalue weighted by atomic mass is 16.5. The van der Waals surface area contributed by atoms with Crippen LogP contribution in [0.15, 0.2) is 24.3 Å². The maximum Gasteiger partial charge on any atom is 0.317 e. The first-order valence-electron chi connectivity index (χ1n) is 8.60. The first-order valence-corrected chi connectivity index (χ1v) is 8.60. The Labute approximate surface area is 138 Å². The van der Waals surface area contributed by atoms with Crippen molar-refractivity contribution in [2.24, 2.45) is 5.92 Å². The van der Waals surface area contributed by atoms with Crippen molar-refractivity contribution >= 4 is 6.03 Å². The largest absolute Gasteiger partial charge is 0.378 e. The molecule has 5 nitrogen and oxygen atoms in total. The van der Waals surface area contributed by atoms with E-state index < -0.39 is 0 Å². The van der Waals surface area contributed by atoms with Gasteiger partial charge in [0.15, 0.2) is 0 Å². The number of carbonyl (C=O) groups excluding carboxylic acids is 1. The lowest BCUT2D eigenvalue weighted by molar-refractivity contribution is 0.0530. The molecule has 2 amide bonds. The van der Waals surface area contributed by atoms with E-state index in [0.29, 0.717) is 32.2 Å². The van der Waals surface area contributed by atoms with Crippen LogP contribution >= 0.6 is 0 Å². The number of likely N-dealkylation sites (tertiary alicyclic amines) is 1. The maximum absolute atomic E-state index is 12.1. The Bertz CT molecular complexity index is 529. The molecule has 0 aromatic heterocycles. The number of hydrogen-bond donors (Lipinski definition) is 1. The van der Waals surface area contributed by atoms with Gasteiger partial charge in [0.2, 0.25) is 0 Å². The Hall–Kier alpha value is -1.59. The zero-order valence-electron chi connectivity index (χ0n) is 14.0. The van der Waals surface area contributed by atoms with Gasteiger partial charge in [0.05, 0.1) is 13.2 Å².